The normalized spacial score (nSPS) is 11.4. The lowest BCUT2D eigenvalue weighted by molar-refractivity contribution is 0.0954. The molecule has 98 valence electrons. The van der Waals surface area contributed by atoms with E-state index in [0.29, 0.717) is 5.56 Å². The Kier molecular flexibility index (Phi) is 4.06. The Bertz CT molecular complexity index is 617. The van der Waals surface area contributed by atoms with Crippen LogP contribution in [0.4, 0.5) is 0 Å². The Balaban J connectivity index is 2.11. The van der Waals surface area contributed by atoms with Gasteiger partial charge in [-0.05, 0) is 39.0 Å². The number of nitrogens with zero attached hydrogens (tertiary/aromatic N) is 2. The molecule has 4 nitrogen and oxygen atoms in total. The third kappa shape index (κ3) is 3.26. The standard InChI is InChI=1S/C14H15N3OS/c1-9-8-13(11(3)19-9)10(2)16-17-14(18)12-4-6-15-7-5-12/h4-8H,1-3H3,(H,17,18)/b16-10+. The molecule has 1 N–H and O–H groups in total. The van der Waals surface area contributed by atoms with E-state index in [1.165, 1.54) is 9.75 Å². The van der Waals surface area contributed by atoms with E-state index >= 15 is 0 Å². The van der Waals surface area contributed by atoms with Crippen molar-refractivity contribution in [2.75, 3.05) is 0 Å². The van der Waals surface area contributed by atoms with Crippen LogP contribution in [0.5, 0.6) is 0 Å². The van der Waals surface area contributed by atoms with Crippen molar-refractivity contribution in [2.24, 2.45) is 5.10 Å². The van der Waals surface area contributed by atoms with Crippen LogP contribution in [0.15, 0.2) is 35.7 Å². The summed E-state index contributed by atoms with van der Waals surface area (Å²) in [4.78, 5) is 18.1. The van der Waals surface area contributed by atoms with E-state index in [4.69, 9.17) is 0 Å². The largest absolute Gasteiger partial charge is 0.271 e. The second kappa shape index (κ2) is 5.75. The van der Waals surface area contributed by atoms with Gasteiger partial charge in [-0.1, -0.05) is 0 Å². The van der Waals surface area contributed by atoms with Crippen LogP contribution in [0.2, 0.25) is 0 Å². The highest BCUT2D eigenvalue weighted by molar-refractivity contribution is 7.12. The minimum Gasteiger partial charge on any atom is -0.267 e. The summed E-state index contributed by atoms with van der Waals surface area (Å²) in [5.41, 5.74) is 5.00. The van der Waals surface area contributed by atoms with Crippen molar-refractivity contribution in [3.63, 3.8) is 0 Å². The van der Waals surface area contributed by atoms with Gasteiger partial charge in [-0.25, -0.2) is 5.43 Å². The van der Waals surface area contributed by atoms with Crippen molar-refractivity contribution in [2.45, 2.75) is 20.8 Å². The second-order valence-electron chi connectivity index (χ2n) is 4.20. The van der Waals surface area contributed by atoms with Gasteiger partial charge in [-0.2, -0.15) is 5.10 Å². The second-order valence-corrected chi connectivity index (χ2v) is 5.66. The Morgan fingerprint density at radius 2 is 2.00 bits per heavy atom. The average Bonchev–Trinajstić information content (AvgIpc) is 2.75. The van der Waals surface area contributed by atoms with Gasteiger partial charge in [0, 0.05) is 33.3 Å². The Labute approximate surface area is 116 Å². The van der Waals surface area contributed by atoms with Crippen molar-refractivity contribution >= 4 is 23.0 Å². The van der Waals surface area contributed by atoms with E-state index in [-0.39, 0.29) is 5.91 Å². The first-order valence-electron chi connectivity index (χ1n) is 5.90. The molecule has 0 saturated carbocycles. The predicted molar refractivity (Wildman–Crippen MR) is 77.7 cm³/mol. The summed E-state index contributed by atoms with van der Waals surface area (Å²) in [6, 6.07) is 5.39. The van der Waals surface area contributed by atoms with Gasteiger partial charge in [0.1, 0.15) is 0 Å². The number of carbonyl (C=O) groups excluding carboxylic acids is 1. The lowest BCUT2D eigenvalue weighted by Crippen LogP contribution is -2.19. The van der Waals surface area contributed by atoms with Crippen molar-refractivity contribution in [1.82, 2.24) is 10.4 Å². The Morgan fingerprint density at radius 3 is 2.58 bits per heavy atom. The highest BCUT2D eigenvalue weighted by atomic mass is 32.1. The van der Waals surface area contributed by atoms with Crippen LogP contribution in [0, 0.1) is 13.8 Å². The number of aromatic nitrogens is 1. The maximum absolute atomic E-state index is 11.8. The van der Waals surface area contributed by atoms with Crippen LogP contribution in [-0.2, 0) is 0 Å². The minimum atomic E-state index is -0.230. The molecule has 0 fully saturated rings. The van der Waals surface area contributed by atoms with Gasteiger partial charge in [0.15, 0.2) is 0 Å². The topological polar surface area (TPSA) is 54.4 Å². The quantitative estimate of drug-likeness (QED) is 0.690. The van der Waals surface area contributed by atoms with Gasteiger partial charge >= 0.3 is 0 Å². The van der Waals surface area contributed by atoms with Crippen LogP contribution in [0.3, 0.4) is 0 Å². The number of rotatable bonds is 3. The van der Waals surface area contributed by atoms with E-state index in [0.717, 1.165) is 11.3 Å². The number of aryl methyl sites for hydroxylation is 2. The molecule has 19 heavy (non-hydrogen) atoms. The zero-order valence-corrected chi connectivity index (χ0v) is 11.9. The first-order valence-corrected chi connectivity index (χ1v) is 6.71. The van der Waals surface area contributed by atoms with E-state index in [1.54, 1.807) is 35.9 Å². The fraction of sp³-hybridized carbons (Fsp3) is 0.214. The molecule has 2 aromatic rings. The van der Waals surface area contributed by atoms with Crippen LogP contribution >= 0.6 is 11.3 Å². The Hall–Kier alpha value is -2.01. The predicted octanol–water partition coefficient (Wildman–Crippen LogP) is 2.91. The van der Waals surface area contributed by atoms with Crippen molar-refractivity contribution in [3.8, 4) is 0 Å². The molecule has 2 heterocycles. The van der Waals surface area contributed by atoms with Crippen molar-refractivity contribution < 1.29 is 4.79 Å². The number of carbonyl (C=O) groups is 1. The summed E-state index contributed by atoms with van der Waals surface area (Å²) in [5, 5.41) is 4.15. The molecule has 5 heteroatoms. The molecule has 0 aliphatic carbocycles. The molecule has 0 saturated heterocycles. The summed E-state index contributed by atoms with van der Waals surface area (Å²) in [7, 11) is 0. The lowest BCUT2D eigenvalue weighted by Gasteiger charge is -2.02. The molecule has 2 aromatic heterocycles. The fourth-order valence-electron chi connectivity index (χ4n) is 1.75. The molecule has 0 bridgehead atoms. The number of hydrogen-bond acceptors (Lipinski definition) is 4. The summed E-state index contributed by atoms with van der Waals surface area (Å²) in [6.07, 6.45) is 3.16. The molecule has 0 aliphatic rings. The highest BCUT2D eigenvalue weighted by Gasteiger charge is 2.07. The lowest BCUT2D eigenvalue weighted by atomic mass is 10.2. The molecular formula is C14H15N3OS. The smallest absolute Gasteiger partial charge is 0.267 e. The highest BCUT2D eigenvalue weighted by Crippen LogP contribution is 2.21. The molecule has 2 rings (SSSR count). The van der Waals surface area contributed by atoms with Gasteiger partial charge in [-0.3, -0.25) is 9.78 Å². The van der Waals surface area contributed by atoms with E-state index in [1.807, 2.05) is 6.92 Å². The van der Waals surface area contributed by atoms with Crippen LogP contribution < -0.4 is 5.43 Å². The van der Waals surface area contributed by atoms with Crippen molar-refractivity contribution in [1.29, 1.82) is 0 Å². The third-order valence-corrected chi connectivity index (χ3v) is 3.66. The van der Waals surface area contributed by atoms with Gasteiger partial charge in [0.05, 0.1) is 5.71 Å². The Morgan fingerprint density at radius 1 is 1.32 bits per heavy atom. The number of hydrazone groups is 1. The number of hydrogen-bond donors (Lipinski definition) is 1. The van der Waals surface area contributed by atoms with E-state index < -0.39 is 0 Å². The molecule has 0 atom stereocenters. The van der Waals surface area contributed by atoms with E-state index in [2.05, 4.69) is 35.4 Å². The van der Waals surface area contributed by atoms with Gasteiger partial charge in [-0.15, -0.1) is 11.3 Å². The van der Waals surface area contributed by atoms with Crippen LogP contribution in [0.25, 0.3) is 0 Å². The average molecular weight is 273 g/mol. The molecule has 0 radical (unpaired) electrons. The maximum atomic E-state index is 11.8. The van der Waals surface area contributed by atoms with Gasteiger partial charge < -0.3 is 0 Å². The van der Waals surface area contributed by atoms with Crippen LogP contribution in [0.1, 0.15) is 32.6 Å². The molecule has 0 spiro atoms. The number of pyridine rings is 1. The fourth-order valence-corrected chi connectivity index (χ4v) is 2.73. The number of thiophene rings is 1. The summed E-state index contributed by atoms with van der Waals surface area (Å²) in [6.45, 7) is 6.00. The van der Waals surface area contributed by atoms with E-state index in [9.17, 15) is 4.79 Å². The monoisotopic (exact) mass is 273 g/mol. The van der Waals surface area contributed by atoms with Gasteiger partial charge in [0.2, 0.25) is 0 Å². The molecule has 0 unspecified atom stereocenters. The number of nitrogens with one attached hydrogen (secondary N) is 1. The molecule has 0 aliphatic heterocycles. The van der Waals surface area contributed by atoms with Crippen molar-refractivity contribution in [3.05, 3.63) is 51.5 Å². The SMILES string of the molecule is C/C(=N\NC(=O)c1ccncc1)c1cc(C)sc1C. The first kappa shape index (κ1) is 13.4. The zero-order valence-electron chi connectivity index (χ0n) is 11.1. The number of amides is 1. The third-order valence-electron chi connectivity index (χ3n) is 2.70. The molecule has 0 aromatic carbocycles. The molecular weight excluding hydrogens is 258 g/mol. The maximum Gasteiger partial charge on any atom is 0.271 e. The summed E-state index contributed by atoms with van der Waals surface area (Å²) in [5.74, 6) is -0.230. The summed E-state index contributed by atoms with van der Waals surface area (Å²) >= 11 is 1.73. The summed E-state index contributed by atoms with van der Waals surface area (Å²) < 4.78 is 0. The molecule has 1 amide bonds. The zero-order chi connectivity index (χ0) is 13.8. The minimum absolute atomic E-state index is 0.230. The first-order chi connectivity index (χ1) is 9.08. The van der Waals surface area contributed by atoms with Crippen LogP contribution in [-0.4, -0.2) is 16.6 Å². The van der Waals surface area contributed by atoms with Gasteiger partial charge in [0.25, 0.3) is 5.91 Å².